The number of likely N-dealkylation sites (tertiary alicyclic amines) is 1. The van der Waals surface area contributed by atoms with E-state index in [0.29, 0.717) is 19.1 Å². The monoisotopic (exact) mass is 334 g/mol. The Hall–Kier alpha value is -0.260. The lowest BCUT2D eigenvalue weighted by atomic mass is 9.98. The van der Waals surface area contributed by atoms with E-state index >= 15 is 0 Å². The van der Waals surface area contributed by atoms with E-state index in [1.54, 1.807) is 4.90 Å². The smallest absolute Gasteiger partial charge is 0.116 e. The quantitative estimate of drug-likeness (QED) is 0.766. The Labute approximate surface area is 141 Å². The van der Waals surface area contributed by atoms with Crippen LogP contribution in [0, 0.1) is 0 Å². The second-order valence-corrected chi connectivity index (χ2v) is 8.40. The van der Waals surface area contributed by atoms with Gasteiger partial charge in [-0.25, -0.2) is 8.78 Å². The Morgan fingerprint density at radius 3 is 1.78 bits per heavy atom. The molecule has 0 bridgehead atoms. The predicted molar refractivity (Wildman–Crippen MR) is 92.5 cm³/mol. The first-order chi connectivity index (χ1) is 10.4. The van der Waals surface area contributed by atoms with Gasteiger partial charge in [0.15, 0.2) is 0 Å². The van der Waals surface area contributed by atoms with Crippen molar-refractivity contribution >= 4 is 0 Å². The third-order valence-corrected chi connectivity index (χ3v) is 4.32. The van der Waals surface area contributed by atoms with Crippen molar-refractivity contribution < 1.29 is 13.5 Å². The van der Waals surface area contributed by atoms with Crippen LogP contribution in [0.2, 0.25) is 0 Å². The van der Waals surface area contributed by atoms with Gasteiger partial charge in [-0.2, -0.15) is 0 Å². The van der Waals surface area contributed by atoms with Crippen LogP contribution < -0.4 is 0 Å². The average molecular weight is 334 g/mol. The molecule has 2 atom stereocenters. The molecule has 138 valence electrons. The number of morpholine rings is 1. The van der Waals surface area contributed by atoms with E-state index < -0.39 is 12.3 Å². The highest BCUT2D eigenvalue weighted by Gasteiger charge is 2.38. The van der Waals surface area contributed by atoms with Gasteiger partial charge in [0.25, 0.3) is 0 Å². The van der Waals surface area contributed by atoms with Gasteiger partial charge < -0.3 is 4.74 Å². The van der Waals surface area contributed by atoms with E-state index in [9.17, 15) is 8.78 Å². The van der Waals surface area contributed by atoms with Crippen molar-refractivity contribution in [2.24, 2.45) is 0 Å². The maximum absolute atomic E-state index is 12.6. The van der Waals surface area contributed by atoms with Crippen molar-refractivity contribution in [1.82, 2.24) is 9.80 Å². The average Bonchev–Trinajstić information content (AvgIpc) is 2.34. The molecule has 0 N–H and O–H groups in total. The van der Waals surface area contributed by atoms with E-state index in [4.69, 9.17) is 4.74 Å². The number of piperidine rings is 1. The topological polar surface area (TPSA) is 15.7 Å². The Balaban J connectivity index is 0.000000238. The zero-order valence-corrected chi connectivity index (χ0v) is 16.0. The number of hydrogen-bond acceptors (Lipinski definition) is 3. The number of halogens is 2. The van der Waals surface area contributed by atoms with Crippen LogP contribution in [0.4, 0.5) is 8.78 Å². The molecule has 2 rings (SSSR count). The fraction of sp³-hybridized carbons (Fsp3) is 1.00. The van der Waals surface area contributed by atoms with Crippen molar-refractivity contribution in [3.05, 3.63) is 0 Å². The SMILES string of the molecule is CC(C)N1CC(C)(C)OC(C)(C)C1.CCN1CC(F)CC(F)C1. The number of nitrogens with zero attached hydrogens (tertiary/aromatic N) is 2. The number of rotatable bonds is 2. The van der Waals surface area contributed by atoms with Crippen LogP contribution in [0.3, 0.4) is 0 Å². The summed E-state index contributed by atoms with van der Waals surface area (Å²) in [5.41, 5.74) is -0.0158. The lowest BCUT2D eigenvalue weighted by molar-refractivity contribution is -0.185. The summed E-state index contributed by atoms with van der Waals surface area (Å²) in [6, 6.07) is 0.613. The van der Waals surface area contributed by atoms with Gasteiger partial charge >= 0.3 is 0 Å². The standard InChI is InChI=1S/C11H23NO.C7H13F2N/c1-9(2)12-7-10(3,4)13-11(5,6)8-12;1-2-10-4-6(8)3-7(9)5-10/h9H,7-8H2,1-6H3;6-7H,2-5H2,1H3. The third-order valence-electron chi connectivity index (χ3n) is 4.32. The minimum atomic E-state index is -0.955. The molecule has 3 nitrogen and oxygen atoms in total. The van der Waals surface area contributed by atoms with Crippen LogP contribution in [0.5, 0.6) is 0 Å². The van der Waals surface area contributed by atoms with Gasteiger partial charge in [-0.15, -0.1) is 0 Å². The maximum atomic E-state index is 12.6. The fourth-order valence-electron chi connectivity index (χ4n) is 3.53. The van der Waals surface area contributed by atoms with Gasteiger partial charge in [0.1, 0.15) is 12.3 Å². The summed E-state index contributed by atoms with van der Waals surface area (Å²) in [7, 11) is 0. The van der Waals surface area contributed by atoms with Crippen molar-refractivity contribution in [3.63, 3.8) is 0 Å². The summed E-state index contributed by atoms with van der Waals surface area (Å²) in [6.07, 6.45) is -1.82. The van der Waals surface area contributed by atoms with E-state index in [2.05, 4.69) is 46.4 Å². The normalized spacial score (nSPS) is 31.6. The molecule has 2 saturated heterocycles. The molecule has 0 radical (unpaired) electrons. The fourth-order valence-corrected chi connectivity index (χ4v) is 3.53. The van der Waals surface area contributed by atoms with Crippen LogP contribution in [-0.2, 0) is 4.74 Å². The zero-order valence-electron chi connectivity index (χ0n) is 16.0. The Morgan fingerprint density at radius 2 is 1.43 bits per heavy atom. The van der Waals surface area contributed by atoms with E-state index in [1.165, 1.54) is 0 Å². The summed E-state index contributed by atoms with van der Waals surface area (Å²) in [5.74, 6) is 0. The Bertz CT molecular complexity index is 335. The first-order valence-electron chi connectivity index (χ1n) is 8.89. The summed E-state index contributed by atoms with van der Waals surface area (Å²) in [4.78, 5) is 4.29. The molecule has 0 aliphatic carbocycles. The number of alkyl halides is 2. The van der Waals surface area contributed by atoms with Crippen LogP contribution in [0.25, 0.3) is 0 Å². The molecular formula is C18H36F2N2O. The van der Waals surface area contributed by atoms with Crippen LogP contribution in [0.1, 0.15) is 54.9 Å². The van der Waals surface area contributed by atoms with E-state index in [-0.39, 0.29) is 17.6 Å². The first kappa shape index (κ1) is 20.8. The van der Waals surface area contributed by atoms with Crippen molar-refractivity contribution in [2.45, 2.75) is 84.5 Å². The van der Waals surface area contributed by atoms with Crippen LogP contribution in [-0.4, -0.2) is 72.1 Å². The molecule has 2 unspecified atom stereocenters. The molecule has 0 aromatic rings. The molecule has 2 heterocycles. The lowest BCUT2D eigenvalue weighted by Crippen LogP contribution is -2.58. The number of hydrogen-bond donors (Lipinski definition) is 0. The Morgan fingerprint density at radius 1 is 1.00 bits per heavy atom. The van der Waals surface area contributed by atoms with Crippen molar-refractivity contribution in [1.29, 1.82) is 0 Å². The number of ether oxygens (including phenoxy) is 1. The van der Waals surface area contributed by atoms with E-state index in [0.717, 1.165) is 19.6 Å². The summed E-state index contributed by atoms with van der Waals surface area (Å²) in [5, 5.41) is 0. The van der Waals surface area contributed by atoms with Crippen LogP contribution >= 0.6 is 0 Å². The summed E-state index contributed by atoms with van der Waals surface area (Å²) < 4.78 is 31.2. The van der Waals surface area contributed by atoms with Gasteiger partial charge in [-0.1, -0.05) is 6.92 Å². The molecule has 2 fully saturated rings. The van der Waals surface area contributed by atoms with Crippen LogP contribution in [0.15, 0.2) is 0 Å². The molecule has 0 aromatic heterocycles. The summed E-state index contributed by atoms with van der Waals surface area (Å²) >= 11 is 0. The first-order valence-corrected chi connectivity index (χ1v) is 8.89. The maximum Gasteiger partial charge on any atom is 0.116 e. The molecule has 0 spiro atoms. The molecule has 2 aliphatic rings. The molecule has 0 saturated carbocycles. The minimum absolute atomic E-state index is 0.00792. The van der Waals surface area contributed by atoms with Gasteiger partial charge in [0.2, 0.25) is 0 Å². The minimum Gasteiger partial charge on any atom is -0.367 e. The van der Waals surface area contributed by atoms with Gasteiger partial charge in [-0.3, -0.25) is 9.80 Å². The van der Waals surface area contributed by atoms with Crippen molar-refractivity contribution in [2.75, 3.05) is 32.7 Å². The van der Waals surface area contributed by atoms with E-state index in [1.807, 2.05) is 6.92 Å². The highest BCUT2D eigenvalue weighted by Crippen LogP contribution is 2.28. The van der Waals surface area contributed by atoms with Crippen molar-refractivity contribution in [3.8, 4) is 0 Å². The third kappa shape index (κ3) is 7.44. The second-order valence-electron chi connectivity index (χ2n) is 8.40. The van der Waals surface area contributed by atoms with Gasteiger partial charge in [-0.05, 0) is 48.1 Å². The second kappa shape index (κ2) is 8.21. The summed E-state index contributed by atoms with van der Waals surface area (Å²) in [6.45, 7) is 18.7. The predicted octanol–water partition coefficient (Wildman–Crippen LogP) is 3.67. The van der Waals surface area contributed by atoms with Gasteiger partial charge in [0.05, 0.1) is 11.2 Å². The largest absolute Gasteiger partial charge is 0.367 e. The zero-order chi connectivity index (χ0) is 17.8. The molecule has 5 heteroatoms. The Kier molecular flexibility index (Phi) is 7.42. The molecule has 2 aliphatic heterocycles. The highest BCUT2D eigenvalue weighted by atomic mass is 19.1. The van der Waals surface area contributed by atoms with Gasteiger partial charge in [0, 0.05) is 38.6 Å². The molecular weight excluding hydrogens is 298 g/mol. The highest BCUT2D eigenvalue weighted by molar-refractivity contribution is 4.90. The molecule has 0 aromatic carbocycles. The molecule has 0 amide bonds. The molecule has 23 heavy (non-hydrogen) atoms. The lowest BCUT2D eigenvalue weighted by Gasteiger charge is -2.48.